The van der Waals surface area contributed by atoms with Crippen LogP contribution in [0, 0.1) is 4.91 Å². The van der Waals surface area contributed by atoms with Gasteiger partial charge in [-0.3, -0.25) is 20.3 Å². The van der Waals surface area contributed by atoms with Crippen molar-refractivity contribution in [3.05, 3.63) is 33.1 Å². The molecule has 1 heterocycles. The highest BCUT2D eigenvalue weighted by Gasteiger charge is 2.17. The van der Waals surface area contributed by atoms with Gasteiger partial charge in [0, 0.05) is 17.9 Å². The number of nitroso groups, excluding NO2 is 1. The van der Waals surface area contributed by atoms with E-state index in [0.29, 0.717) is 6.54 Å². The SMILES string of the molecule is CCn1ccc(NO)c(C(=O)N=O)c1=O. The summed E-state index contributed by atoms with van der Waals surface area (Å²) in [6, 6.07) is 1.31. The second-order valence-corrected chi connectivity index (χ2v) is 2.70. The Hall–Kier alpha value is -2.02. The van der Waals surface area contributed by atoms with Gasteiger partial charge in [0.2, 0.25) is 0 Å². The fraction of sp³-hybridized carbons (Fsp3) is 0.250. The maximum Gasteiger partial charge on any atom is 0.324 e. The van der Waals surface area contributed by atoms with E-state index in [0.717, 1.165) is 0 Å². The van der Waals surface area contributed by atoms with Gasteiger partial charge in [0.05, 0.1) is 5.69 Å². The standard InChI is InChI=1S/C8H9N3O4/c1-2-11-4-3-5(9-14)6(8(11)13)7(12)10-15/h3-4,9,14H,2H2,1H3. The van der Waals surface area contributed by atoms with Crippen molar-refractivity contribution in [1.82, 2.24) is 4.57 Å². The number of carbonyl (C=O) groups is 1. The van der Waals surface area contributed by atoms with E-state index in [-0.39, 0.29) is 5.69 Å². The Labute approximate surface area is 84.3 Å². The Morgan fingerprint density at radius 2 is 2.33 bits per heavy atom. The van der Waals surface area contributed by atoms with Crippen LogP contribution in [0.5, 0.6) is 0 Å². The lowest BCUT2D eigenvalue weighted by Gasteiger charge is -2.06. The van der Waals surface area contributed by atoms with Crippen molar-refractivity contribution in [2.75, 3.05) is 5.48 Å². The van der Waals surface area contributed by atoms with Crippen LogP contribution < -0.4 is 11.0 Å². The summed E-state index contributed by atoms with van der Waals surface area (Å²) in [5.74, 6) is -1.21. The largest absolute Gasteiger partial charge is 0.324 e. The van der Waals surface area contributed by atoms with E-state index >= 15 is 0 Å². The summed E-state index contributed by atoms with van der Waals surface area (Å²) in [6.07, 6.45) is 1.39. The second-order valence-electron chi connectivity index (χ2n) is 2.70. The molecular weight excluding hydrogens is 202 g/mol. The fourth-order valence-corrected chi connectivity index (χ4v) is 1.17. The molecule has 80 valence electrons. The molecule has 0 unspecified atom stereocenters. The Balaban J connectivity index is 3.49. The number of carbonyl (C=O) groups excluding carboxylic acids is 1. The van der Waals surface area contributed by atoms with Crippen molar-refractivity contribution in [1.29, 1.82) is 0 Å². The number of rotatable bonds is 3. The molecule has 0 spiro atoms. The number of hydrogen-bond acceptors (Lipinski definition) is 5. The Morgan fingerprint density at radius 1 is 1.67 bits per heavy atom. The molecule has 0 aromatic carbocycles. The quantitative estimate of drug-likeness (QED) is 0.562. The van der Waals surface area contributed by atoms with Gasteiger partial charge in [-0.05, 0) is 13.0 Å². The molecule has 0 radical (unpaired) electrons. The maximum absolute atomic E-state index is 11.6. The highest BCUT2D eigenvalue weighted by atomic mass is 16.5. The first kappa shape index (κ1) is 11.1. The summed E-state index contributed by atoms with van der Waals surface area (Å²) in [5, 5.41) is 10.8. The van der Waals surface area contributed by atoms with Gasteiger partial charge in [0.1, 0.15) is 5.56 Å². The number of nitrogens with zero attached hydrogens (tertiary/aromatic N) is 2. The Morgan fingerprint density at radius 3 is 2.80 bits per heavy atom. The smallest absolute Gasteiger partial charge is 0.315 e. The first-order chi connectivity index (χ1) is 7.15. The van der Waals surface area contributed by atoms with Crippen LogP contribution in [0.25, 0.3) is 0 Å². The number of hydrogen-bond donors (Lipinski definition) is 2. The molecule has 0 atom stereocenters. The molecule has 0 saturated carbocycles. The van der Waals surface area contributed by atoms with E-state index in [1.807, 2.05) is 0 Å². The van der Waals surface area contributed by atoms with Crippen molar-refractivity contribution in [3.63, 3.8) is 0 Å². The lowest BCUT2D eigenvalue weighted by Crippen LogP contribution is -2.26. The predicted octanol–water partition coefficient (Wildman–Crippen LogP) is 0.576. The number of anilines is 1. The van der Waals surface area contributed by atoms with Gasteiger partial charge in [-0.15, -0.1) is 4.91 Å². The topological polar surface area (TPSA) is 101 Å². The van der Waals surface area contributed by atoms with E-state index in [1.165, 1.54) is 16.8 Å². The minimum absolute atomic E-state index is 0.130. The van der Waals surface area contributed by atoms with E-state index in [2.05, 4.69) is 5.18 Å². The Kier molecular flexibility index (Phi) is 3.29. The third kappa shape index (κ3) is 1.91. The number of nitrogens with one attached hydrogen (secondary N) is 1. The average molecular weight is 211 g/mol. The fourth-order valence-electron chi connectivity index (χ4n) is 1.17. The summed E-state index contributed by atoms with van der Waals surface area (Å²) < 4.78 is 1.22. The van der Waals surface area contributed by atoms with Gasteiger partial charge in [-0.2, -0.15) is 0 Å². The van der Waals surface area contributed by atoms with Crippen LogP contribution >= 0.6 is 0 Å². The summed E-state index contributed by atoms with van der Waals surface area (Å²) in [5.41, 5.74) is 0.413. The van der Waals surface area contributed by atoms with Crippen LogP contribution in [0.3, 0.4) is 0 Å². The number of pyridine rings is 1. The molecule has 1 amide bonds. The highest BCUT2D eigenvalue weighted by molar-refractivity contribution is 5.99. The molecule has 0 bridgehead atoms. The van der Waals surface area contributed by atoms with Crippen molar-refractivity contribution >= 4 is 11.6 Å². The van der Waals surface area contributed by atoms with Crippen LogP contribution in [0.4, 0.5) is 5.69 Å². The minimum atomic E-state index is -1.21. The molecule has 1 rings (SSSR count). The van der Waals surface area contributed by atoms with Crippen molar-refractivity contribution in [2.45, 2.75) is 13.5 Å². The van der Waals surface area contributed by atoms with Gasteiger partial charge < -0.3 is 4.57 Å². The van der Waals surface area contributed by atoms with Crippen LogP contribution in [0.1, 0.15) is 17.3 Å². The number of aryl methyl sites for hydroxylation is 1. The molecule has 1 aromatic rings. The second kappa shape index (κ2) is 4.47. The van der Waals surface area contributed by atoms with Crippen molar-refractivity contribution in [3.8, 4) is 0 Å². The zero-order valence-electron chi connectivity index (χ0n) is 7.93. The predicted molar refractivity (Wildman–Crippen MR) is 51.9 cm³/mol. The maximum atomic E-state index is 11.6. The molecule has 0 aliphatic rings. The van der Waals surface area contributed by atoms with Crippen LogP contribution in [0.2, 0.25) is 0 Å². The monoisotopic (exact) mass is 211 g/mol. The molecule has 0 saturated heterocycles. The molecule has 1 aromatic heterocycles. The summed E-state index contributed by atoms with van der Waals surface area (Å²) in [7, 11) is 0. The first-order valence-electron chi connectivity index (χ1n) is 4.17. The van der Waals surface area contributed by atoms with Gasteiger partial charge >= 0.3 is 5.91 Å². The molecule has 15 heavy (non-hydrogen) atoms. The van der Waals surface area contributed by atoms with E-state index in [4.69, 9.17) is 5.21 Å². The third-order valence-corrected chi connectivity index (χ3v) is 1.92. The molecule has 7 nitrogen and oxygen atoms in total. The van der Waals surface area contributed by atoms with Crippen LogP contribution in [0.15, 0.2) is 22.2 Å². The minimum Gasteiger partial charge on any atom is -0.315 e. The third-order valence-electron chi connectivity index (χ3n) is 1.92. The van der Waals surface area contributed by atoms with Gasteiger partial charge in [-0.1, -0.05) is 0 Å². The molecule has 0 fully saturated rings. The molecule has 7 heteroatoms. The zero-order chi connectivity index (χ0) is 11.4. The highest BCUT2D eigenvalue weighted by Crippen LogP contribution is 2.10. The zero-order valence-corrected chi connectivity index (χ0v) is 7.93. The van der Waals surface area contributed by atoms with E-state index < -0.39 is 17.0 Å². The molecular formula is C8H9N3O4. The van der Waals surface area contributed by atoms with Crippen molar-refractivity contribution < 1.29 is 10.0 Å². The summed E-state index contributed by atoms with van der Waals surface area (Å²) >= 11 is 0. The number of aromatic nitrogens is 1. The Bertz CT molecular complexity index is 452. The van der Waals surface area contributed by atoms with E-state index in [1.54, 1.807) is 12.4 Å². The van der Waals surface area contributed by atoms with E-state index in [9.17, 15) is 14.5 Å². The van der Waals surface area contributed by atoms with Crippen LogP contribution in [-0.2, 0) is 6.54 Å². The first-order valence-corrected chi connectivity index (χ1v) is 4.17. The summed E-state index contributed by atoms with van der Waals surface area (Å²) in [6.45, 7) is 2.06. The van der Waals surface area contributed by atoms with Crippen molar-refractivity contribution in [2.24, 2.45) is 5.18 Å². The van der Waals surface area contributed by atoms with Crippen LogP contribution in [-0.4, -0.2) is 15.7 Å². The average Bonchev–Trinajstić information content (AvgIpc) is 2.27. The number of amides is 1. The van der Waals surface area contributed by atoms with Gasteiger partial charge in [0.15, 0.2) is 0 Å². The lowest BCUT2D eigenvalue weighted by molar-refractivity contribution is 0.0999. The molecule has 0 aliphatic carbocycles. The van der Waals surface area contributed by atoms with Gasteiger partial charge in [-0.25, -0.2) is 0 Å². The summed E-state index contributed by atoms with van der Waals surface area (Å²) in [4.78, 5) is 32.7. The molecule has 0 aliphatic heterocycles. The molecule has 2 N–H and O–H groups in total. The normalized spacial score (nSPS) is 9.73. The lowest BCUT2D eigenvalue weighted by atomic mass is 10.2. The van der Waals surface area contributed by atoms with Gasteiger partial charge in [0.25, 0.3) is 5.56 Å².